The summed E-state index contributed by atoms with van der Waals surface area (Å²) in [5.41, 5.74) is 0. The van der Waals surface area contributed by atoms with E-state index in [0.717, 1.165) is 0 Å². The van der Waals surface area contributed by atoms with Crippen LogP contribution in [0.1, 0.15) is 57.2 Å². The number of aromatic nitrogens is 4. The average Bonchev–Trinajstić information content (AvgIpc) is 2.87. The van der Waals surface area contributed by atoms with Crippen LogP contribution in [0.15, 0.2) is 15.2 Å². The molecule has 94 valence electrons. The highest BCUT2D eigenvalue weighted by Gasteiger charge is 2.05. The van der Waals surface area contributed by atoms with Crippen molar-refractivity contribution in [2.45, 2.75) is 46.5 Å². The molecule has 6 nitrogen and oxygen atoms in total. The maximum atomic E-state index is 5.12. The number of rotatable bonds is 2. The lowest BCUT2D eigenvalue weighted by molar-refractivity contribution is 0.448. The minimum atomic E-state index is 0.339. The van der Waals surface area contributed by atoms with Crippen molar-refractivity contribution >= 4 is 0 Å². The number of nitrogens with zero attached hydrogens (tertiary/aromatic N) is 4. The summed E-state index contributed by atoms with van der Waals surface area (Å²) in [5.74, 6) is 2.74. The number of hydrogen-bond acceptors (Lipinski definition) is 6. The summed E-state index contributed by atoms with van der Waals surface area (Å²) < 4.78 is 10.00. The fourth-order valence-corrected chi connectivity index (χ4v) is 0.978. The van der Waals surface area contributed by atoms with E-state index >= 15 is 0 Å². The summed E-state index contributed by atoms with van der Waals surface area (Å²) in [5, 5.41) is 14.7. The Morgan fingerprint density at radius 3 is 1.82 bits per heavy atom. The number of hydrogen-bond donors (Lipinski definition) is 0. The zero-order valence-electron chi connectivity index (χ0n) is 10.8. The molecule has 0 saturated carbocycles. The monoisotopic (exact) mass is 238 g/mol. The quantitative estimate of drug-likeness (QED) is 0.800. The van der Waals surface area contributed by atoms with Gasteiger partial charge in [-0.25, -0.2) is 0 Å². The normalized spacial score (nSPS) is 10.5. The molecule has 0 spiro atoms. The molecule has 2 heterocycles. The summed E-state index contributed by atoms with van der Waals surface area (Å²) in [4.78, 5) is 0. The van der Waals surface area contributed by atoms with Crippen molar-refractivity contribution in [3.8, 4) is 0 Å². The summed E-state index contributed by atoms with van der Waals surface area (Å²) in [7, 11) is 0. The highest BCUT2D eigenvalue weighted by atomic mass is 16.4. The van der Waals surface area contributed by atoms with Crippen LogP contribution in [0.25, 0.3) is 0 Å². The van der Waals surface area contributed by atoms with Crippen LogP contribution >= 0.6 is 0 Å². The molecule has 0 atom stereocenters. The second kappa shape index (κ2) is 6.12. The van der Waals surface area contributed by atoms with E-state index < -0.39 is 0 Å². The van der Waals surface area contributed by atoms with Gasteiger partial charge in [0.2, 0.25) is 24.1 Å². The molecule has 2 aromatic heterocycles. The lowest BCUT2D eigenvalue weighted by Gasteiger charge is -1.92. The van der Waals surface area contributed by atoms with Gasteiger partial charge in [0.05, 0.1) is 0 Å². The second-order valence-electron chi connectivity index (χ2n) is 4.25. The minimum Gasteiger partial charge on any atom is -0.428 e. The van der Waals surface area contributed by atoms with Crippen LogP contribution in [0.2, 0.25) is 0 Å². The van der Waals surface area contributed by atoms with Gasteiger partial charge in [0, 0.05) is 18.8 Å². The molecule has 0 radical (unpaired) electrons. The highest BCUT2D eigenvalue weighted by molar-refractivity contribution is 4.84. The van der Waals surface area contributed by atoms with Crippen LogP contribution in [-0.2, 0) is 0 Å². The predicted octanol–water partition coefficient (Wildman–Crippen LogP) is 2.69. The van der Waals surface area contributed by atoms with Crippen molar-refractivity contribution in [3.05, 3.63) is 24.1 Å². The Balaban J connectivity index is 0.000000171. The maximum absolute atomic E-state index is 5.12. The van der Waals surface area contributed by atoms with Gasteiger partial charge >= 0.3 is 0 Å². The highest BCUT2D eigenvalue weighted by Crippen LogP contribution is 2.10. The van der Waals surface area contributed by atoms with Gasteiger partial charge in [0.25, 0.3) is 0 Å². The van der Waals surface area contributed by atoms with Crippen molar-refractivity contribution in [1.82, 2.24) is 20.4 Å². The van der Waals surface area contributed by atoms with Crippen LogP contribution < -0.4 is 0 Å². The largest absolute Gasteiger partial charge is 0.428 e. The average molecular weight is 238 g/mol. The van der Waals surface area contributed by atoms with Crippen molar-refractivity contribution in [1.29, 1.82) is 0 Å². The van der Waals surface area contributed by atoms with Gasteiger partial charge < -0.3 is 8.83 Å². The zero-order valence-corrected chi connectivity index (χ0v) is 10.8. The van der Waals surface area contributed by atoms with Gasteiger partial charge in [0.1, 0.15) is 0 Å². The van der Waals surface area contributed by atoms with E-state index in [9.17, 15) is 0 Å². The first kappa shape index (κ1) is 13.3. The van der Waals surface area contributed by atoms with E-state index in [4.69, 9.17) is 8.83 Å². The number of aryl methyl sites for hydroxylation is 1. The van der Waals surface area contributed by atoms with Crippen molar-refractivity contribution in [2.24, 2.45) is 0 Å². The zero-order chi connectivity index (χ0) is 12.8. The first-order valence-corrected chi connectivity index (χ1v) is 5.56. The van der Waals surface area contributed by atoms with Gasteiger partial charge in [-0.1, -0.05) is 27.7 Å². The molecule has 0 amide bonds. The summed E-state index contributed by atoms with van der Waals surface area (Å²) >= 11 is 0. The van der Waals surface area contributed by atoms with Gasteiger partial charge in [-0.2, -0.15) is 0 Å². The Labute approximate surface area is 100 Å². The molecule has 2 aromatic rings. The Bertz CT molecular complexity index is 420. The Kier molecular flexibility index (Phi) is 4.81. The topological polar surface area (TPSA) is 77.8 Å². The molecule has 17 heavy (non-hydrogen) atoms. The van der Waals surface area contributed by atoms with Gasteiger partial charge in [-0.05, 0) is 0 Å². The van der Waals surface area contributed by atoms with Crippen molar-refractivity contribution in [2.75, 3.05) is 0 Å². The molecular weight excluding hydrogens is 220 g/mol. The van der Waals surface area contributed by atoms with E-state index in [1.807, 2.05) is 27.7 Å². The van der Waals surface area contributed by atoms with Crippen LogP contribution in [0.4, 0.5) is 0 Å². The third kappa shape index (κ3) is 4.34. The molecule has 0 fully saturated rings. The predicted molar refractivity (Wildman–Crippen MR) is 61.5 cm³/mol. The molecule has 0 aliphatic carbocycles. The molecule has 6 heteroatoms. The first-order chi connectivity index (χ1) is 8.00. The molecule has 0 N–H and O–H groups in total. The fourth-order valence-electron chi connectivity index (χ4n) is 0.978. The van der Waals surface area contributed by atoms with E-state index in [-0.39, 0.29) is 0 Å². The van der Waals surface area contributed by atoms with Crippen LogP contribution in [0, 0.1) is 6.92 Å². The van der Waals surface area contributed by atoms with Crippen molar-refractivity contribution in [3.63, 3.8) is 0 Å². The van der Waals surface area contributed by atoms with Crippen LogP contribution in [0.5, 0.6) is 0 Å². The second-order valence-corrected chi connectivity index (χ2v) is 4.25. The third-order valence-electron chi connectivity index (χ3n) is 1.91. The molecule has 2 rings (SSSR count). The molecular formula is C11H18N4O2. The fraction of sp³-hybridized carbons (Fsp3) is 0.636. The Morgan fingerprint density at radius 2 is 1.59 bits per heavy atom. The lowest BCUT2D eigenvalue weighted by Crippen LogP contribution is -1.85. The van der Waals surface area contributed by atoms with Crippen molar-refractivity contribution < 1.29 is 8.83 Å². The van der Waals surface area contributed by atoms with E-state index in [1.165, 1.54) is 6.39 Å². The summed E-state index contributed by atoms with van der Waals surface area (Å²) in [6.45, 7) is 9.85. The lowest BCUT2D eigenvalue weighted by atomic mass is 10.2. The molecule has 0 aliphatic heterocycles. The standard InChI is InChI=1S/C6H10N2O.C5H8N2O/c1-4(2)6-8-7-5(3)9-6;1-4(2)5-7-6-3-8-5/h4H,1-3H3;3-4H,1-2H3. The van der Waals surface area contributed by atoms with E-state index in [2.05, 4.69) is 20.4 Å². The maximum Gasteiger partial charge on any atom is 0.219 e. The van der Waals surface area contributed by atoms with Crippen LogP contribution in [0.3, 0.4) is 0 Å². The molecule has 0 unspecified atom stereocenters. The third-order valence-corrected chi connectivity index (χ3v) is 1.91. The molecule has 0 aromatic carbocycles. The molecule has 0 aliphatic rings. The molecule has 0 bridgehead atoms. The van der Waals surface area contributed by atoms with Gasteiger partial charge in [0.15, 0.2) is 0 Å². The smallest absolute Gasteiger partial charge is 0.219 e. The first-order valence-electron chi connectivity index (χ1n) is 5.56. The van der Waals surface area contributed by atoms with E-state index in [0.29, 0.717) is 29.5 Å². The molecule has 0 saturated heterocycles. The Hall–Kier alpha value is -1.72. The van der Waals surface area contributed by atoms with E-state index in [1.54, 1.807) is 6.92 Å². The summed E-state index contributed by atoms with van der Waals surface area (Å²) in [6.07, 6.45) is 1.34. The summed E-state index contributed by atoms with van der Waals surface area (Å²) in [6, 6.07) is 0. The van der Waals surface area contributed by atoms with Gasteiger partial charge in [-0.3, -0.25) is 0 Å². The SMILES string of the molecule is CC(C)c1nnco1.Cc1nnc(C(C)C)o1. The van der Waals surface area contributed by atoms with Crippen LogP contribution in [-0.4, -0.2) is 20.4 Å². The Morgan fingerprint density at radius 1 is 0.941 bits per heavy atom. The minimum absolute atomic E-state index is 0.339. The van der Waals surface area contributed by atoms with Gasteiger partial charge in [-0.15, -0.1) is 20.4 Å².